The fraction of sp³-hybridized carbons (Fsp3) is 0.615. The maximum absolute atomic E-state index is 12.1. The minimum Gasteiger partial charge on any atom is -0.397 e. The van der Waals surface area contributed by atoms with Crippen molar-refractivity contribution >= 4 is 11.6 Å². The van der Waals surface area contributed by atoms with Gasteiger partial charge in [-0.05, 0) is 25.8 Å². The molecule has 0 aliphatic carbocycles. The van der Waals surface area contributed by atoms with Crippen molar-refractivity contribution < 1.29 is 4.79 Å². The first-order valence-electron chi connectivity index (χ1n) is 6.38. The van der Waals surface area contributed by atoms with Crippen molar-refractivity contribution in [3.63, 3.8) is 0 Å². The van der Waals surface area contributed by atoms with E-state index in [0.717, 1.165) is 25.8 Å². The second-order valence-electron chi connectivity index (χ2n) is 4.31. The largest absolute Gasteiger partial charge is 0.397 e. The van der Waals surface area contributed by atoms with Crippen molar-refractivity contribution in [3.8, 4) is 0 Å². The van der Waals surface area contributed by atoms with Gasteiger partial charge in [0.25, 0.3) is 5.91 Å². The summed E-state index contributed by atoms with van der Waals surface area (Å²) < 4.78 is 1.88. The number of hydrogen-bond acceptors (Lipinski definition) is 2. The van der Waals surface area contributed by atoms with Crippen LogP contribution in [0.25, 0.3) is 0 Å². The summed E-state index contributed by atoms with van der Waals surface area (Å²) in [6, 6.07) is 1.99. The zero-order valence-corrected chi connectivity index (χ0v) is 11.0. The Kier molecular flexibility index (Phi) is 5.07. The minimum absolute atomic E-state index is 0.0242. The number of amides is 1. The lowest BCUT2D eigenvalue weighted by molar-refractivity contribution is 0.0924. The molecule has 0 spiro atoms. The summed E-state index contributed by atoms with van der Waals surface area (Å²) in [6.45, 7) is 6.97. The average Bonchev–Trinajstić information content (AvgIpc) is 2.69. The molecule has 1 aromatic heterocycles. The topological polar surface area (TPSA) is 60.1 Å². The number of nitrogens with zero attached hydrogens (tertiary/aromatic N) is 1. The van der Waals surface area contributed by atoms with Crippen molar-refractivity contribution in [3.05, 3.63) is 18.0 Å². The van der Waals surface area contributed by atoms with Gasteiger partial charge in [0, 0.05) is 18.8 Å². The lowest BCUT2D eigenvalue weighted by Gasteiger charge is -2.16. The predicted molar refractivity (Wildman–Crippen MR) is 71.0 cm³/mol. The third-order valence-electron chi connectivity index (χ3n) is 2.96. The Labute approximate surface area is 103 Å². The van der Waals surface area contributed by atoms with Crippen molar-refractivity contribution in [2.75, 3.05) is 5.73 Å². The van der Waals surface area contributed by atoms with E-state index in [-0.39, 0.29) is 11.9 Å². The highest BCUT2D eigenvalue weighted by Gasteiger charge is 2.15. The van der Waals surface area contributed by atoms with Crippen molar-refractivity contribution in [2.45, 2.75) is 52.6 Å². The minimum atomic E-state index is -0.0242. The molecule has 0 saturated carbocycles. The van der Waals surface area contributed by atoms with Gasteiger partial charge in [0.15, 0.2) is 0 Å². The van der Waals surface area contributed by atoms with Crippen LogP contribution in [0.1, 0.15) is 50.5 Å². The Bertz CT molecular complexity index is 371. The Balaban J connectivity index is 2.74. The van der Waals surface area contributed by atoms with Crippen LogP contribution in [0.2, 0.25) is 0 Å². The van der Waals surface area contributed by atoms with Crippen LogP contribution in [0.4, 0.5) is 5.69 Å². The van der Waals surface area contributed by atoms with Crippen LogP contribution in [-0.4, -0.2) is 16.5 Å². The standard InChI is InChI=1S/C13H23N3O/c1-4-7-11(5-2)15-13(17)12-8-10(14)9-16(12)6-3/h8-9,11H,4-7,14H2,1-3H3,(H,15,17). The first-order valence-corrected chi connectivity index (χ1v) is 6.38. The van der Waals surface area contributed by atoms with Gasteiger partial charge < -0.3 is 15.6 Å². The second-order valence-corrected chi connectivity index (χ2v) is 4.31. The molecule has 17 heavy (non-hydrogen) atoms. The molecule has 1 amide bonds. The monoisotopic (exact) mass is 237 g/mol. The molecular formula is C13H23N3O. The summed E-state index contributed by atoms with van der Waals surface area (Å²) in [5.41, 5.74) is 7.01. The summed E-state index contributed by atoms with van der Waals surface area (Å²) in [4.78, 5) is 12.1. The third-order valence-corrected chi connectivity index (χ3v) is 2.96. The van der Waals surface area contributed by atoms with Crippen LogP contribution in [-0.2, 0) is 6.54 Å². The zero-order valence-electron chi connectivity index (χ0n) is 11.0. The summed E-state index contributed by atoms with van der Waals surface area (Å²) in [6.07, 6.45) is 4.86. The van der Waals surface area contributed by atoms with Gasteiger partial charge in [-0.3, -0.25) is 4.79 Å². The fourth-order valence-corrected chi connectivity index (χ4v) is 1.97. The molecule has 0 aliphatic rings. The highest BCUT2D eigenvalue weighted by Crippen LogP contribution is 2.11. The Morgan fingerprint density at radius 2 is 2.18 bits per heavy atom. The lowest BCUT2D eigenvalue weighted by Crippen LogP contribution is -2.35. The molecule has 3 N–H and O–H groups in total. The summed E-state index contributed by atoms with van der Waals surface area (Å²) in [5.74, 6) is -0.0242. The van der Waals surface area contributed by atoms with E-state index < -0.39 is 0 Å². The fourth-order valence-electron chi connectivity index (χ4n) is 1.97. The number of aryl methyl sites for hydroxylation is 1. The van der Waals surface area contributed by atoms with E-state index in [1.807, 2.05) is 11.5 Å². The highest BCUT2D eigenvalue weighted by atomic mass is 16.2. The molecule has 0 aliphatic heterocycles. The molecular weight excluding hydrogens is 214 g/mol. The summed E-state index contributed by atoms with van der Waals surface area (Å²) in [5, 5.41) is 3.06. The quantitative estimate of drug-likeness (QED) is 0.798. The van der Waals surface area contributed by atoms with Crippen LogP contribution < -0.4 is 11.1 Å². The molecule has 1 aromatic rings. The second kappa shape index (κ2) is 6.33. The first-order chi connectivity index (χ1) is 8.12. The van der Waals surface area contributed by atoms with Gasteiger partial charge in [-0.25, -0.2) is 0 Å². The van der Waals surface area contributed by atoms with E-state index in [1.165, 1.54) is 0 Å². The van der Waals surface area contributed by atoms with Crippen molar-refractivity contribution in [1.82, 2.24) is 9.88 Å². The molecule has 1 unspecified atom stereocenters. The number of carbonyl (C=O) groups is 1. The number of rotatable bonds is 6. The molecule has 0 aromatic carbocycles. The number of anilines is 1. The Morgan fingerprint density at radius 1 is 1.47 bits per heavy atom. The van der Waals surface area contributed by atoms with Crippen LogP contribution >= 0.6 is 0 Å². The van der Waals surface area contributed by atoms with Gasteiger partial charge in [-0.2, -0.15) is 0 Å². The van der Waals surface area contributed by atoms with E-state index in [1.54, 1.807) is 12.3 Å². The Hall–Kier alpha value is -1.45. The number of aromatic nitrogens is 1. The predicted octanol–water partition coefficient (Wildman–Crippen LogP) is 2.40. The number of hydrogen-bond donors (Lipinski definition) is 2. The van der Waals surface area contributed by atoms with Gasteiger partial charge in [-0.15, -0.1) is 0 Å². The van der Waals surface area contributed by atoms with Gasteiger partial charge >= 0.3 is 0 Å². The van der Waals surface area contributed by atoms with Gasteiger partial charge in [0.05, 0.1) is 5.69 Å². The molecule has 1 atom stereocenters. The maximum atomic E-state index is 12.1. The van der Waals surface area contributed by atoms with Crippen LogP contribution in [0.15, 0.2) is 12.3 Å². The van der Waals surface area contributed by atoms with Gasteiger partial charge in [-0.1, -0.05) is 20.3 Å². The van der Waals surface area contributed by atoms with Crippen LogP contribution in [0.3, 0.4) is 0 Å². The smallest absolute Gasteiger partial charge is 0.268 e. The molecule has 0 saturated heterocycles. The van der Waals surface area contributed by atoms with E-state index in [4.69, 9.17) is 5.73 Å². The number of carbonyl (C=O) groups excluding carboxylic acids is 1. The van der Waals surface area contributed by atoms with Crippen molar-refractivity contribution in [2.24, 2.45) is 0 Å². The first kappa shape index (κ1) is 13.6. The van der Waals surface area contributed by atoms with Crippen LogP contribution in [0.5, 0.6) is 0 Å². The number of nitrogen functional groups attached to an aromatic ring is 1. The van der Waals surface area contributed by atoms with Gasteiger partial charge in [0.2, 0.25) is 0 Å². The summed E-state index contributed by atoms with van der Waals surface area (Å²) in [7, 11) is 0. The van der Waals surface area contributed by atoms with Crippen molar-refractivity contribution in [1.29, 1.82) is 0 Å². The molecule has 96 valence electrons. The normalized spacial score (nSPS) is 12.4. The average molecular weight is 237 g/mol. The Morgan fingerprint density at radius 3 is 2.71 bits per heavy atom. The highest BCUT2D eigenvalue weighted by molar-refractivity contribution is 5.94. The lowest BCUT2D eigenvalue weighted by atomic mass is 10.1. The SMILES string of the molecule is CCCC(CC)NC(=O)c1cc(N)cn1CC. The molecule has 0 radical (unpaired) electrons. The van der Waals surface area contributed by atoms with Crippen LogP contribution in [0, 0.1) is 0 Å². The van der Waals surface area contributed by atoms with E-state index in [0.29, 0.717) is 11.4 Å². The van der Waals surface area contributed by atoms with E-state index in [2.05, 4.69) is 19.2 Å². The summed E-state index contributed by atoms with van der Waals surface area (Å²) >= 11 is 0. The molecule has 0 bridgehead atoms. The maximum Gasteiger partial charge on any atom is 0.268 e. The molecule has 1 rings (SSSR count). The number of nitrogens with two attached hydrogens (primary N) is 1. The zero-order chi connectivity index (χ0) is 12.8. The van der Waals surface area contributed by atoms with Gasteiger partial charge in [0.1, 0.15) is 5.69 Å². The number of nitrogens with one attached hydrogen (secondary N) is 1. The molecule has 4 nitrogen and oxygen atoms in total. The molecule has 4 heteroatoms. The molecule has 1 heterocycles. The third kappa shape index (κ3) is 3.51. The van der Waals surface area contributed by atoms with E-state index >= 15 is 0 Å². The molecule has 0 fully saturated rings. The van der Waals surface area contributed by atoms with E-state index in [9.17, 15) is 4.79 Å².